The van der Waals surface area contributed by atoms with Gasteiger partial charge in [-0.2, -0.15) is 0 Å². The topological polar surface area (TPSA) is 85.4 Å². The third-order valence-electron chi connectivity index (χ3n) is 8.86. The van der Waals surface area contributed by atoms with Gasteiger partial charge in [0.2, 0.25) is 12.3 Å². The van der Waals surface area contributed by atoms with E-state index in [9.17, 15) is 14.3 Å². The highest BCUT2D eigenvalue weighted by molar-refractivity contribution is 5.84. The fraction of sp³-hybridized carbons (Fsp3) is 0.433. The molecule has 1 saturated carbocycles. The van der Waals surface area contributed by atoms with Gasteiger partial charge in [-0.1, -0.05) is 24.3 Å². The maximum absolute atomic E-state index is 13.8. The second-order valence-corrected chi connectivity index (χ2v) is 11.3. The minimum absolute atomic E-state index is 0.0234. The van der Waals surface area contributed by atoms with Crippen LogP contribution >= 0.6 is 0 Å². The number of alkyl halides is 1. The zero-order valence-electron chi connectivity index (χ0n) is 22.0. The third kappa shape index (κ3) is 4.11. The summed E-state index contributed by atoms with van der Waals surface area (Å²) in [5.41, 5.74) is 3.80. The number of rotatable bonds is 5. The lowest BCUT2D eigenvalue weighted by Crippen LogP contribution is -2.49. The zero-order chi connectivity index (χ0) is 26.7. The average molecular weight is 530 g/mol. The van der Waals surface area contributed by atoms with Crippen LogP contribution in [0.3, 0.4) is 0 Å². The van der Waals surface area contributed by atoms with E-state index in [2.05, 4.69) is 14.9 Å². The molecule has 1 spiro atoms. The van der Waals surface area contributed by atoms with Crippen LogP contribution in [-0.2, 0) is 6.54 Å². The number of hydrogen-bond acceptors (Lipinski definition) is 6. The molecule has 2 aromatic carbocycles. The SMILES string of the molecule is CC(F)Oc1ccccc1[C@@H]1CCn2c(=O)c3ccc(-c4cnc(N5CCC6(CC5)CC(O)C6)nc4)cc3n21. The second kappa shape index (κ2) is 9.19. The van der Waals surface area contributed by atoms with Crippen LogP contribution in [0.2, 0.25) is 0 Å². The number of aliphatic hydroxyl groups excluding tert-OH is 1. The summed E-state index contributed by atoms with van der Waals surface area (Å²) in [6, 6.07) is 13.2. The molecule has 2 atom stereocenters. The lowest BCUT2D eigenvalue weighted by molar-refractivity contribution is -0.0465. The molecule has 202 valence electrons. The molecule has 3 aliphatic rings. The molecule has 9 heteroatoms. The van der Waals surface area contributed by atoms with Crippen LogP contribution in [0.4, 0.5) is 10.3 Å². The number of hydrogen-bond donors (Lipinski definition) is 1. The molecule has 1 saturated heterocycles. The predicted molar refractivity (Wildman–Crippen MR) is 147 cm³/mol. The highest BCUT2D eigenvalue weighted by atomic mass is 19.1. The molecule has 4 heterocycles. The third-order valence-corrected chi connectivity index (χ3v) is 8.86. The monoisotopic (exact) mass is 529 g/mol. The molecule has 0 radical (unpaired) electrons. The number of benzene rings is 2. The van der Waals surface area contributed by atoms with E-state index < -0.39 is 6.36 Å². The normalized spacial score (nSPS) is 21.2. The Hall–Kier alpha value is -3.72. The number of fused-ring (bicyclic) bond motifs is 3. The molecule has 39 heavy (non-hydrogen) atoms. The Morgan fingerprint density at radius 1 is 1.05 bits per heavy atom. The fourth-order valence-corrected chi connectivity index (χ4v) is 6.85. The van der Waals surface area contributed by atoms with Crippen LogP contribution in [0.15, 0.2) is 59.7 Å². The zero-order valence-corrected chi connectivity index (χ0v) is 22.0. The van der Waals surface area contributed by atoms with Crippen LogP contribution < -0.4 is 15.2 Å². The van der Waals surface area contributed by atoms with Crippen molar-refractivity contribution >= 4 is 16.9 Å². The number of piperidine rings is 1. The van der Waals surface area contributed by atoms with Crippen LogP contribution in [0.1, 0.15) is 50.6 Å². The van der Waals surface area contributed by atoms with Crippen molar-refractivity contribution in [1.29, 1.82) is 0 Å². The first-order valence-corrected chi connectivity index (χ1v) is 13.8. The minimum atomic E-state index is -1.43. The standard InChI is InChI=1S/C30H32FN5O3/c1-19(31)39-27-5-3-2-4-23(27)25-8-11-35-28(38)24-7-6-20(14-26(24)36(25)35)21-17-32-29(33-18-21)34-12-9-30(10-13-34)15-22(37)16-30/h2-7,14,17-19,22,25,37H,8-13,15-16H2,1H3/t19?,25-/m0/s1. The molecular formula is C30H32FN5O3. The molecule has 0 bridgehead atoms. The number of para-hydroxylation sites is 1. The van der Waals surface area contributed by atoms with E-state index in [4.69, 9.17) is 4.74 Å². The van der Waals surface area contributed by atoms with Gasteiger partial charge in [0.05, 0.1) is 23.0 Å². The Morgan fingerprint density at radius 3 is 2.51 bits per heavy atom. The first-order valence-electron chi connectivity index (χ1n) is 13.8. The van der Waals surface area contributed by atoms with Crippen molar-refractivity contribution in [3.05, 3.63) is 70.8 Å². The smallest absolute Gasteiger partial charge is 0.274 e. The fourth-order valence-electron chi connectivity index (χ4n) is 6.85. The van der Waals surface area contributed by atoms with Gasteiger partial charge in [-0.25, -0.2) is 19.0 Å². The molecule has 1 aliphatic carbocycles. The van der Waals surface area contributed by atoms with E-state index in [-0.39, 0.29) is 17.7 Å². The highest BCUT2D eigenvalue weighted by Gasteiger charge is 2.45. The Morgan fingerprint density at radius 2 is 1.79 bits per heavy atom. The van der Waals surface area contributed by atoms with Crippen LogP contribution in [0.5, 0.6) is 5.75 Å². The van der Waals surface area contributed by atoms with Crippen molar-refractivity contribution in [3.8, 4) is 16.9 Å². The number of nitrogens with zero attached hydrogens (tertiary/aromatic N) is 5. The highest BCUT2D eigenvalue weighted by Crippen LogP contribution is 2.49. The molecule has 7 rings (SSSR count). The molecule has 1 N–H and O–H groups in total. The molecule has 2 aliphatic heterocycles. The van der Waals surface area contributed by atoms with Gasteiger partial charge in [-0.3, -0.25) is 9.48 Å². The van der Waals surface area contributed by atoms with Gasteiger partial charge >= 0.3 is 0 Å². The maximum Gasteiger partial charge on any atom is 0.274 e. The van der Waals surface area contributed by atoms with Crippen LogP contribution in [-0.4, -0.2) is 50.0 Å². The van der Waals surface area contributed by atoms with Crippen molar-refractivity contribution in [3.63, 3.8) is 0 Å². The van der Waals surface area contributed by atoms with E-state index >= 15 is 0 Å². The summed E-state index contributed by atoms with van der Waals surface area (Å²) in [7, 11) is 0. The Kier molecular flexibility index (Phi) is 5.73. The van der Waals surface area contributed by atoms with E-state index in [1.165, 1.54) is 6.92 Å². The molecule has 8 nitrogen and oxygen atoms in total. The number of aliphatic hydroxyl groups is 1. The van der Waals surface area contributed by atoms with E-state index in [1.54, 1.807) is 10.7 Å². The Labute approximate surface area is 225 Å². The average Bonchev–Trinajstić information content (AvgIpc) is 3.48. The Balaban J connectivity index is 1.18. The van der Waals surface area contributed by atoms with E-state index in [1.807, 2.05) is 53.5 Å². The van der Waals surface area contributed by atoms with E-state index in [0.29, 0.717) is 23.1 Å². The Bertz CT molecular complexity index is 1580. The lowest BCUT2D eigenvalue weighted by Gasteiger charge is -2.50. The van der Waals surface area contributed by atoms with Gasteiger partial charge in [-0.15, -0.1) is 0 Å². The lowest BCUT2D eigenvalue weighted by atomic mass is 9.61. The maximum atomic E-state index is 13.8. The van der Waals surface area contributed by atoms with Crippen molar-refractivity contribution in [2.75, 3.05) is 18.0 Å². The first-order chi connectivity index (χ1) is 18.9. The second-order valence-electron chi connectivity index (χ2n) is 11.3. The molecule has 2 aromatic heterocycles. The van der Waals surface area contributed by atoms with Crippen LogP contribution in [0, 0.1) is 5.41 Å². The van der Waals surface area contributed by atoms with Gasteiger partial charge in [0.1, 0.15) is 5.75 Å². The number of aromatic nitrogens is 4. The van der Waals surface area contributed by atoms with Gasteiger partial charge in [0.15, 0.2) is 0 Å². The van der Waals surface area contributed by atoms with Crippen molar-refractivity contribution in [1.82, 2.24) is 19.3 Å². The largest absolute Gasteiger partial charge is 0.460 e. The van der Waals surface area contributed by atoms with Crippen molar-refractivity contribution < 1.29 is 14.2 Å². The summed E-state index contributed by atoms with van der Waals surface area (Å²) in [5.74, 6) is 1.23. The molecule has 1 unspecified atom stereocenters. The van der Waals surface area contributed by atoms with Crippen LogP contribution in [0.25, 0.3) is 22.0 Å². The number of halogens is 1. The number of anilines is 1. The van der Waals surface area contributed by atoms with Gasteiger partial charge < -0.3 is 14.7 Å². The van der Waals surface area contributed by atoms with Gasteiger partial charge in [-0.05, 0) is 61.3 Å². The molecule has 4 aromatic rings. The van der Waals surface area contributed by atoms with Gasteiger partial charge in [0, 0.05) is 50.1 Å². The van der Waals surface area contributed by atoms with Crippen molar-refractivity contribution in [2.24, 2.45) is 5.41 Å². The summed E-state index contributed by atoms with van der Waals surface area (Å²) in [6.07, 6.45) is 6.85. The molecule has 0 amide bonds. The molecule has 2 fully saturated rings. The summed E-state index contributed by atoms with van der Waals surface area (Å²) in [4.78, 5) is 24.8. The summed E-state index contributed by atoms with van der Waals surface area (Å²) in [6.45, 7) is 3.77. The first kappa shape index (κ1) is 24.3. The van der Waals surface area contributed by atoms with Crippen molar-refractivity contribution in [2.45, 2.75) is 64.1 Å². The predicted octanol–water partition coefficient (Wildman–Crippen LogP) is 4.69. The minimum Gasteiger partial charge on any atom is -0.460 e. The molecular weight excluding hydrogens is 497 g/mol. The van der Waals surface area contributed by atoms with E-state index in [0.717, 1.165) is 73.3 Å². The summed E-state index contributed by atoms with van der Waals surface area (Å²) < 4.78 is 23.0. The van der Waals surface area contributed by atoms with Gasteiger partial charge in [0.25, 0.3) is 5.56 Å². The number of ether oxygens (including phenoxy) is 1. The summed E-state index contributed by atoms with van der Waals surface area (Å²) in [5, 5.41) is 10.4. The quantitative estimate of drug-likeness (QED) is 0.404. The summed E-state index contributed by atoms with van der Waals surface area (Å²) >= 11 is 0.